The van der Waals surface area contributed by atoms with Gasteiger partial charge >= 0.3 is 0 Å². The van der Waals surface area contributed by atoms with Gasteiger partial charge in [-0.3, -0.25) is 4.79 Å². The van der Waals surface area contributed by atoms with E-state index in [1.807, 2.05) is 24.3 Å². The number of sulfonamides is 1. The van der Waals surface area contributed by atoms with E-state index in [1.54, 1.807) is 23.1 Å². The second-order valence-corrected chi connectivity index (χ2v) is 8.89. The van der Waals surface area contributed by atoms with Gasteiger partial charge in [0.1, 0.15) is 5.75 Å². The van der Waals surface area contributed by atoms with Crippen molar-refractivity contribution in [1.82, 2.24) is 4.31 Å². The zero-order valence-electron chi connectivity index (χ0n) is 14.7. The summed E-state index contributed by atoms with van der Waals surface area (Å²) < 4.78 is 31.6. The van der Waals surface area contributed by atoms with Crippen molar-refractivity contribution < 1.29 is 17.9 Å². The first-order chi connectivity index (χ1) is 12.4. The summed E-state index contributed by atoms with van der Waals surface area (Å²) >= 11 is 0. The van der Waals surface area contributed by atoms with Gasteiger partial charge in [-0.25, -0.2) is 12.7 Å². The molecule has 0 N–H and O–H groups in total. The highest BCUT2D eigenvalue weighted by atomic mass is 32.2. The Kier molecular flexibility index (Phi) is 4.00. The molecule has 0 radical (unpaired) electrons. The van der Waals surface area contributed by atoms with E-state index in [2.05, 4.69) is 0 Å². The average molecular weight is 372 g/mol. The molecule has 0 bridgehead atoms. The van der Waals surface area contributed by atoms with Gasteiger partial charge < -0.3 is 9.64 Å². The predicted molar refractivity (Wildman–Crippen MR) is 97.9 cm³/mol. The van der Waals surface area contributed by atoms with Gasteiger partial charge in [0.05, 0.1) is 4.90 Å². The SMILES string of the molecule is CN(C)S(=O)(=O)c1ccc2c(c1)CCN2C(=O)C1Cc2ccccc2O1. The smallest absolute Gasteiger partial charge is 0.268 e. The largest absolute Gasteiger partial charge is 0.480 e. The van der Waals surface area contributed by atoms with E-state index in [0.717, 1.165) is 22.6 Å². The minimum absolute atomic E-state index is 0.0804. The molecule has 0 spiro atoms. The van der Waals surface area contributed by atoms with Gasteiger partial charge in [-0.1, -0.05) is 18.2 Å². The Morgan fingerprint density at radius 1 is 1.15 bits per heavy atom. The average Bonchev–Trinajstić information content (AvgIpc) is 3.24. The first kappa shape index (κ1) is 17.1. The number of benzene rings is 2. The minimum Gasteiger partial charge on any atom is -0.480 e. The molecule has 1 unspecified atom stereocenters. The Morgan fingerprint density at radius 3 is 2.65 bits per heavy atom. The predicted octanol–water partition coefficient (Wildman–Crippen LogP) is 1.83. The molecule has 6 nitrogen and oxygen atoms in total. The molecular weight excluding hydrogens is 352 g/mol. The lowest BCUT2D eigenvalue weighted by Gasteiger charge is -2.21. The van der Waals surface area contributed by atoms with Crippen molar-refractivity contribution in [2.45, 2.75) is 23.8 Å². The van der Waals surface area contributed by atoms with Gasteiger partial charge in [0.15, 0.2) is 6.10 Å². The van der Waals surface area contributed by atoms with Crippen LogP contribution >= 0.6 is 0 Å². The maximum Gasteiger partial charge on any atom is 0.268 e. The molecular formula is C19H20N2O4S. The second-order valence-electron chi connectivity index (χ2n) is 6.74. The van der Waals surface area contributed by atoms with Gasteiger partial charge in [0.2, 0.25) is 10.0 Å². The van der Waals surface area contributed by atoms with Crippen LogP contribution in [0, 0.1) is 0 Å². The highest BCUT2D eigenvalue weighted by Gasteiger charge is 2.36. The molecule has 26 heavy (non-hydrogen) atoms. The molecule has 0 fully saturated rings. The van der Waals surface area contributed by atoms with E-state index in [0.29, 0.717) is 19.4 Å². The monoisotopic (exact) mass is 372 g/mol. The van der Waals surface area contributed by atoms with Crippen molar-refractivity contribution in [3.05, 3.63) is 53.6 Å². The van der Waals surface area contributed by atoms with Crippen molar-refractivity contribution in [3.8, 4) is 5.75 Å². The standard InChI is InChI=1S/C19H20N2O4S/c1-20(2)26(23,24)15-7-8-16-13(11-15)9-10-21(16)19(22)18-12-14-5-3-4-6-17(14)25-18/h3-8,11,18H,9-10,12H2,1-2H3. The van der Waals surface area contributed by atoms with E-state index in [-0.39, 0.29) is 10.8 Å². The molecule has 2 aliphatic heterocycles. The van der Waals surface area contributed by atoms with Crippen molar-refractivity contribution >= 4 is 21.6 Å². The van der Waals surface area contributed by atoms with Crippen LogP contribution in [0.3, 0.4) is 0 Å². The minimum atomic E-state index is -3.48. The molecule has 0 saturated heterocycles. The second kappa shape index (κ2) is 6.10. The Hall–Kier alpha value is -2.38. The summed E-state index contributed by atoms with van der Waals surface area (Å²) in [5.41, 5.74) is 2.68. The van der Waals surface area contributed by atoms with Crippen LogP contribution in [-0.4, -0.2) is 45.4 Å². The number of anilines is 1. The van der Waals surface area contributed by atoms with Gasteiger partial charge in [0, 0.05) is 32.7 Å². The Morgan fingerprint density at radius 2 is 1.92 bits per heavy atom. The topological polar surface area (TPSA) is 66.9 Å². The van der Waals surface area contributed by atoms with Crippen molar-refractivity contribution in [3.63, 3.8) is 0 Å². The molecule has 1 amide bonds. The number of carbonyl (C=O) groups is 1. The molecule has 2 aromatic rings. The molecule has 7 heteroatoms. The van der Waals surface area contributed by atoms with Crippen LogP contribution in [0.2, 0.25) is 0 Å². The maximum atomic E-state index is 12.9. The molecule has 4 rings (SSSR count). The highest BCUT2D eigenvalue weighted by molar-refractivity contribution is 7.89. The molecule has 2 aromatic carbocycles. The number of nitrogens with zero attached hydrogens (tertiary/aromatic N) is 2. The molecule has 1 atom stereocenters. The molecule has 0 aliphatic carbocycles. The van der Waals surface area contributed by atoms with E-state index >= 15 is 0 Å². The van der Waals surface area contributed by atoms with Crippen LogP contribution < -0.4 is 9.64 Å². The van der Waals surface area contributed by atoms with E-state index in [1.165, 1.54) is 18.4 Å². The van der Waals surface area contributed by atoms with Crippen molar-refractivity contribution in [2.75, 3.05) is 25.5 Å². The van der Waals surface area contributed by atoms with Crippen LogP contribution in [0.25, 0.3) is 0 Å². The third-order valence-electron chi connectivity index (χ3n) is 4.91. The Labute approximate surface area is 153 Å². The van der Waals surface area contributed by atoms with Crippen LogP contribution in [0.4, 0.5) is 5.69 Å². The molecule has 136 valence electrons. The third kappa shape index (κ3) is 2.68. The molecule has 2 heterocycles. The molecule has 0 saturated carbocycles. The van der Waals surface area contributed by atoms with Gasteiger partial charge in [-0.05, 0) is 41.8 Å². The fourth-order valence-corrected chi connectivity index (χ4v) is 4.42. The zero-order chi connectivity index (χ0) is 18.5. The highest BCUT2D eigenvalue weighted by Crippen LogP contribution is 2.34. The summed E-state index contributed by atoms with van der Waals surface area (Å²) in [6, 6.07) is 12.6. The number of para-hydroxylation sites is 1. The summed E-state index contributed by atoms with van der Waals surface area (Å²) in [6.07, 6.45) is 0.675. The van der Waals surface area contributed by atoms with Gasteiger partial charge in [-0.15, -0.1) is 0 Å². The van der Waals surface area contributed by atoms with Crippen molar-refractivity contribution in [1.29, 1.82) is 0 Å². The quantitative estimate of drug-likeness (QED) is 0.824. The number of ether oxygens (including phenoxy) is 1. The normalized spacial score (nSPS) is 18.6. The summed E-state index contributed by atoms with van der Waals surface area (Å²) in [4.78, 5) is 14.9. The van der Waals surface area contributed by atoms with E-state index < -0.39 is 16.1 Å². The summed E-state index contributed by atoms with van der Waals surface area (Å²) in [6.45, 7) is 0.538. The summed E-state index contributed by atoms with van der Waals surface area (Å²) in [5.74, 6) is 0.681. The van der Waals surface area contributed by atoms with Crippen LogP contribution in [0.5, 0.6) is 5.75 Å². The molecule has 2 aliphatic rings. The number of fused-ring (bicyclic) bond motifs is 2. The lowest BCUT2D eigenvalue weighted by molar-refractivity contribution is -0.124. The van der Waals surface area contributed by atoms with E-state index in [4.69, 9.17) is 4.74 Å². The van der Waals surface area contributed by atoms with Gasteiger partial charge in [-0.2, -0.15) is 0 Å². The van der Waals surface area contributed by atoms with Crippen LogP contribution in [0.15, 0.2) is 47.4 Å². The van der Waals surface area contributed by atoms with Crippen molar-refractivity contribution in [2.24, 2.45) is 0 Å². The molecule has 0 aromatic heterocycles. The first-order valence-corrected chi connectivity index (χ1v) is 9.93. The maximum absolute atomic E-state index is 12.9. The Bertz CT molecular complexity index is 960. The van der Waals surface area contributed by atoms with Gasteiger partial charge in [0.25, 0.3) is 5.91 Å². The number of rotatable bonds is 3. The lowest BCUT2D eigenvalue weighted by Crippen LogP contribution is -2.40. The Balaban J connectivity index is 1.58. The number of amides is 1. The fraction of sp³-hybridized carbons (Fsp3) is 0.316. The van der Waals surface area contributed by atoms with Crippen LogP contribution in [-0.2, 0) is 27.7 Å². The summed E-state index contributed by atoms with van der Waals surface area (Å²) in [7, 11) is -0.468. The number of carbonyl (C=O) groups excluding carboxylic acids is 1. The lowest BCUT2D eigenvalue weighted by atomic mass is 10.1. The van der Waals surface area contributed by atoms with E-state index in [9.17, 15) is 13.2 Å². The zero-order valence-corrected chi connectivity index (χ0v) is 15.5. The third-order valence-corrected chi connectivity index (χ3v) is 6.72. The number of hydrogen-bond donors (Lipinski definition) is 0. The van der Waals surface area contributed by atoms with Crippen LogP contribution in [0.1, 0.15) is 11.1 Å². The number of hydrogen-bond acceptors (Lipinski definition) is 4. The fourth-order valence-electron chi connectivity index (χ4n) is 3.47. The first-order valence-electron chi connectivity index (χ1n) is 8.49. The summed E-state index contributed by atoms with van der Waals surface area (Å²) in [5, 5.41) is 0.